The zero-order chi connectivity index (χ0) is 17.9. The van der Waals surface area contributed by atoms with Crippen LogP contribution in [0.2, 0.25) is 0 Å². The molecule has 3 rings (SSSR count). The molecule has 136 valence electrons. The number of carbonyl (C=O) groups excluding carboxylic acids is 1. The van der Waals surface area contributed by atoms with Gasteiger partial charge in [0.2, 0.25) is 0 Å². The Morgan fingerprint density at radius 1 is 1.40 bits per heavy atom. The second-order valence-electron chi connectivity index (χ2n) is 6.22. The molecule has 0 aliphatic heterocycles. The summed E-state index contributed by atoms with van der Waals surface area (Å²) in [6, 6.07) is 0.959. The van der Waals surface area contributed by atoms with Gasteiger partial charge in [-0.15, -0.1) is 0 Å². The predicted molar refractivity (Wildman–Crippen MR) is 87.8 cm³/mol. The third-order valence-electron chi connectivity index (χ3n) is 4.72. The number of hydrogen-bond acceptors (Lipinski definition) is 4. The molecule has 2 heterocycles. The van der Waals surface area contributed by atoms with Crippen molar-refractivity contribution < 1.29 is 18.3 Å². The molecule has 0 radical (unpaired) electrons. The van der Waals surface area contributed by atoms with E-state index in [1.807, 2.05) is 0 Å². The Bertz CT molecular complexity index is 743. The minimum absolute atomic E-state index is 0.289. The van der Waals surface area contributed by atoms with Gasteiger partial charge in [-0.1, -0.05) is 19.3 Å². The van der Waals surface area contributed by atoms with E-state index in [0.29, 0.717) is 24.2 Å². The largest absolute Gasteiger partial charge is 0.372 e. The van der Waals surface area contributed by atoms with Crippen molar-refractivity contribution in [3.63, 3.8) is 0 Å². The van der Waals surface area contributed by atoms with Crippen molar-refractivity contribution in [2.75, 3.05) is 19.0 Å². The number of aromatic nitrogens is 3. The van der Waals surface area contributed by atoms with Crippen LogP contribution in [0.25, 0.3) is 5.65 Å². The average Bonchev–Trinajstić information content (AvgIpc) is 3.03. The Morgan fingerprint density at radius 3 is 2.88 bits per heavy atom. The van der Waals surface area contributed by atoms with E-state index in [0.717, 1.165) is 6.42 Å². The molecule has 0 atom stereocenters. The number of amides is 2. The summed E-state index contributed by atoms with van der Waals surface area (Å²) >= 11 is 0. The fourth-order valence-corrected chi connectivity index (χ4v) is 3.28. The van der Waals surface area contributed by atoms with Gasteiger partial charge >= 0.3 is 6.03 Å². The molecule has 0 bridgehead atoms. The summed E-state index contributed by atoms with van der Waals surface area (Å²) in [7, 11) is 1.31. The number of nitrogens with one attached hydrogen (secondary N) is 2. The number of urea groups is 1. The topological polar surface area (TPSA) is 80.5 Å². The second kappa shape index (κ2) is 6.91. The van der Waals surface area contributed by atoms with Crippen LogP contribution < -0.4 is 10.6 Å². The summed E-state index contributed by atoms with van der Waals surface area (Å²) in [5.41, 5.74) is -0.726. The number of carbonyl (C=O) groups is 1. The lowest BCUT2D eigenvalue weighted by Gasteiger charge is -2.41. The summed E-state index contributed by atoms with van der Waals surface area (Å²) in [5.74, 6) is -3.15. The van der Waals surface area contributed by atoms with Crippen LogP contribution in [-0.4, -0.2) is 45.8 Å². The lowest BCUT2D eigenvalue weighted by atomic mass is 9.79. The Balaban J connectivity index is 1.63. The quantitative estimate of drug-likeness (QED) is 0.866. The van der Waals surface area contributed by atoms with E-state index >= 15 is 0 Å². The van der Waals surface area contributed by atoms with E-state index < -0.39 is 24.1 Å². The number of rotatable bonds is 5. The number of hydrogen-bond donors (Lipinski definition) is 2. The van der Waals surface area contributed by atoms with Crippen LogP contribution in [-0.2, 0) is 4.74 Å². The number of alkyl halides is 2. The van der Waals surface area contributed by atoms with Crippen LogP contribution in [0.4, 0.5) is 19.3 Å². The van der Waals surface area contributed by atoms with Gasteiger partial charge in [-0.3, -0.25) is 0 Å². The number of methoxy groups -OCH3 is 1. The van der Waals surface area contributed by atoms with Crippen LogP contribution in [0.3, 0.4) is 0 Å². The Hall–Kier alpha value is -2.29. The SMILES string of the molecule is COC1(C(F)(F)CNC(=O)Nc2cnn3cccnc23)CCCCC1. The Morgan fingerprint density at radius 2 is 2.16 bits per heavy atom. The van der Waals surface area contributed by atoms with E-state index in [1.54, 1.807) is 18.5 Å². The third-order valence-corrected chi connectivity index (χ3v) is 4.72. The molecule has 7 nitrogen and oxygen atoms in total. The maximum atomic E-state index is 14.7. The lowest BCUT2D eigenvalue weighted by Crippen LogP contribution is -2.56. The first-order valence-electron chi connectivity index (χ1n) is 8.24. The highest BCUT2D eigenvalue weighted by atomic mass is 19.3. The number of ether oxygens (including phenoxy) is 1. The molecule has 0 aromatic carbocycles. The molecule has 0 saturated heterocycles. The fourth-order valence-electron chi connectivity index (χ4n) is 3.28. The van der Waals surface area contributed by atoms with Crippen LogP contribution in [0.15, 0.2) is 24.7 Å². The minimum atomic E-state index is -3.15. The summed E-state index contributed by atoms with van der Waals surface area (Å²) < 4.78 is 36.0. The highest BCUT2D eigenvalue weighted by Gasteiger charge is 2.54. The number of halogens is 2. The van der Waals surface area contributed by atoms with E-state index in [-0.39, 0.29) is 12.8 Å². The molecular formula is C16H21F2N5O2. The highest BCUT2D eigenvalue weighted by molar-refractivity contribution is 5.92. The average molecular weight is 353 g/mol. The zero-order valence-corrected chi connectivity index (χ0v) is 14.0. The predicted octanol–water partition coefficient (Wildman–Crippen LogP) is 2.84. The molecule has 25 heavy (non-hydrogen) atoms. The van der Waals surface area contributed by atoms with Crippen LogP contribution in [0, 0.1) is 0 Å². The second-order valence-corrected chi connectivity index (χ2v) is 6.22. The van der Waals surface area contributed by atoms with Gasteiger partial charge in [0.1, 0.15) is 11.3 Å². The molecule has 0 spiro atoms. The van der Waals surface area contributed by atoms with Crippen LogP contribution >= 0.6 is 0 Å². The van der Waals surface area contributed by atoms with Crippen molar-refractivity contribution in [3.8, 4) is 0 Å². The summed E-state index contributed by atoms with van der Waals surface area (Å²) in [6.07, 6.45) is 7.54. The molecule has 2 N–H and O–H groups in total. The van der Waals surface area contributed by atoms with Crippen molar-refractivity contribution in [1.82, 2.24) is 19.9 Å². The minimum Gasteiger partial charge on any atom is -0.372 e. The highest BCUT2D eigenvalue weighted by Crippen LogP contribution is 2.42. The molecular weight excluding hydrogens is 332 g/mol. The van der Waals surface area contributed by atoms with Crippen molar-refractivity contribution in [2.45, 2.75) is 43.6 Å². The molecule has 2 aromatic heterocycles. The summed E-state index contributed by atoms with van der Waals surface area (Å²) in [4.78, 5) is 16.1. The van der Waals surface area contributed by atoms with Crippen LogP contribution in [0.5, 0.6) is 0 Å². The number of anilines is 1. The van der Waals surface area contributed by atoms with Gasteiger partial charge < -0.3 is 15.4 Å². The maximum absolute atomic E-state index is 14.7. The van der Waals surface area contributed by atoms with Crippen molar-refractivity contribution in [3.05, 3.63) is 24.7 Å². The molecule has 9 heteroatoms. The molecule has 1 saturated carbocycles. The molecule has 2 aromatic rings. The maximum Gasteiger partial charge on any atom is 0.319 e. The molecule has 2 amide bonds. The molecule has 1 aliphatic rings. The number of nitrogens with zero attached hydrogens (tertiary/aromatic N) is 3. The van der Waals surface area contributed by atoms with Crippen molar-refractivity contribution in [1.29, 1.82) is 0 Å². The van der Waals surface area contributed by atoms with Gasteiger partial charge in [0.25, 0.3) is 5.92 Å². The first kappa shape index (κ1) is 17.5. The van der Waals surface area contributed by atoms with Gasteiger partial charge in [-0.25, -0.2) is 23.1 Å². The van der Waals surface area contributed by atoms with Gasteiger partial charge in [0, 0.05) is 19.5 Å². The first-order valence-corrected chi connectivity index (χ1v) is 8.24. The fraction of sp³-hybridized carbons (Fsp3) is 0.562. The van der Waals surface area contributed by atoms with Gasteiger partial charge in [-0.05, 0) is 18.9 Å². The van der Waals surface area contributed by atoms with Crippen molar-refractivity contribution >= 4 is 17.4 Å². The van der Waals surface area contributed by atoms with Gasteiger partial charge in [0.05, 0.1) is 12.7 Å². The van der Waals surface area contributed by atoms with E-state index in [2.05, 4.69) is 20.7 Å². The van der Waals surface area contributed by atoms with Gasteiger partial charge in [0.15, 0.2) is 5.65 Å². The van der Waals surface area contributed by atoms with E-state index in [4.69, 9.17) is 4.74 Å². The molecule has 0 unspecified atom stereocenters. The molecule has 1 aliphatic carbocycles. The summed E-state index contributed by atoms with van der Waals surface area (Å²) in [5, 5.41) is 8.76. The van der Waals surface area contributed by atoms with Crippen LogP contribution in [0.1, 0.15) is 32.1 Å². The normalized spacial score (nSPS) is 17.4. The Kier molecular flexibility index (Phi) is 4.85. The van der Waals surface area contributed by atoms with E-state index in [9.17, 15) is 13.6 Å². The number of fused-ring (bicyclic) bond motifs is 1. The van der Waals surface area contributed by atoms with E-state index in [1.165, 1.54) is 17.8 Å². The molecule has 1 fully saturated rings. The van der Waals surface area contributed by atoms with Crippen molar-refractivity contribution in [2.24, 2.45) is 0 Å². The first-order chi connectivity index (χ1) is 12.0. The standard InChI is InChI=1S/C16H21F2N5O2/c1-25-15(6-3-2-4-7-15)16(17,18)11-20-14(24)22-12-10-21-23-9-5-8-19-13(12)23/h5,8-10H,2-4,6-7,11H2,1H3,(H2,20,22,24). The van der Waals surface area contributed by atoms with Gasteiger partial charge in [-0.2, -0.15) is 5.10 Å². The summed E-state index contributed by atoms with van der Waals surface area (Å²) in [6.45, 7) is -0.792. The zero-order valence-electron chi connectivity index (χ0n) is 14.0. The Labute approximate surface area is 143 Å². The third kappa shape index (κ3) is 3.41. The smallest absolute Gasteiger partial charge is 0.319 e. The monoisotopic (exact) mass is 353 g/mol. The lowest BCUT2D eigenvalue weighted by molar-refractivity contribution is -0.206.